The van der Waals surface area contributed by atoms with Gasteiger partial charge in [0.05, 0.1) is 11.9 Å². The third kappa shape index (κ3) is 4.19. The Labute approximate surface area is 164 Å². The number of pyridine rings is 2. The molecule has 0 aromatic carbocycles. The second-order valence-electron chi connectivity index (χ2n) is 7.28. The van der Waals surface area contributed by atoms with E-state index in [2.05, 4.69) is 37.3 Å². The van der Waals surface area contributed by atoms with Crippen LogP contribution >= 0.6 is 0 Å². The zero-order valence-electron chi connectivity index (χ0n) is 15.9. The summed E-state index contributed by atoms with van der Waals surface area (Å²) in [5, 5.41) is 22.3. The van der Waals surface area contributed by atoms with Gasteiger partial charge in [-0.3, -0.25) is 4.98 Å². The predicted molar refractivity (Wildman–Crippen MR) is 109 cm³/mol. The number of nitrogens with zero attached hydrogens (tertiary/aromatic N) is 5. The van der Waals surface area contributed by atoms with Crippen LogP contribution < -0.4 is 10.2 Å². The lowest BCUT2D eigenvalue weighted by Crippen LogP contribution is -2.34. The summed E-state index contributed by atoms with van der Waals surface area (Å²) in [7, 11) is 0. The molecule has 3 aromatic heterocycles. The molecule has 1 aliphatic heterocycles. The highest BCUT2D eigenvalue weighted by molar-refractivity contribution is 5.65. The first-order valence-corrected chi connectivity index (χ1v) is 9.60. The molecular formula is C21H24N6O. The van der Waals surface area contributed by atoms with E-state index in [0.717, 1.165) is 30.2 Å². The van der Waals surface area contributed by atoms with E-state index < -0.39 is 0 Å². The van der Waals surface area contributed by atoms with Gasteiger partial charge in [-0.2, -0.15) is 0 Å². The molecule has 0 aliphatic carbocycles. The molecular weight excluding hydrogens is 352 g/mol. The molecule has 1 unspecified atom stereocenters. The minimum absolute atomic E-state index is 0.0739. The molecule has 1 aliphatic rings. The van der Waals surface area contributed by atoms with Crippen LogP contribution in [0.2, 0.25) is 0 Å². The highest BCUT2D eigenvalue weighted by atomic mass is 16.3. The summed E-state index contributed by atoms with van der Waals surface area (Å²) in [6.45, 7) is 4.89. The van der Waals surface area contributed by atoms with E-state index >= 15 is 0 Å². The lowest BCUT2D eigenvalue weighted by atomic mass is 10.0. The molecule has 4 heterocycles. The molecule has 0 amide bonds. The SMILES string of the molecule is CC1CCCN(c2ccc(-c3ncc(NCc4cccnc4)cc3O)nn2)C1. The van der Waals surface area contributed by atoms with E-state index in [9.17, 15) is 5.11 Å². The molecule has 2 N–H and O–H groups in total. The number of hydrogen-bond donors (Lipinski definition) is 2. The number of nitrogens with one attached hydrogen (secondary N) is 1. The van der Waals surface area contributed by atoms with Crippen molar-refractivity contribution in [2.45, 2.75) is 26.3 Å². The van der Waals surface area contributed by atoms with Crippen LogP contribution in [0.1, 0.15) is 25.3 Å². The summed E-state index contributed by atoms with van der Waals surface area (Å²) >= 11 is 0. The molecule has 0 spiro atoms. The van der Waals surface area contributed by atoms with Gasteiger partial charge in [0.15, 0.2) is 5.82 Å². The molecule has 1 fully saturated rings. The van der Waals surface area contributed by atoms with Gasteiger partial charge in [0.2, 0.25) is 0 Å². The van der Waals surface area contributed by atoms with E-state index in [0.29, 0.717) is 23.9 Å². The molecule has 28 heavy (non-hydrogen) atoms. The molecule has 4 rings (SSSR count). The van der Waals surface area contributed by atoms with Crippen molar-refractivity contribution in [2.24, 2.45) is 5.92 Å². The van der Waals surface area contributed by atoms with Crippen molar-refractivity contribution in [3.63, 3.8) is 0 Å². The van der Waals surface area contributed by atoms with Crippen LogP contribution in [0.15, 0.2) is 48.9 Å². The summed E-state index contributed by atoms with van der Waals surface area (Å²) in [4.78, 5) is 10.7. The molecule has 3 aromatic rings. The van der Waals surface area contributed by atoms with Gasteiger partial charge in [-0.1, -0.05) is 13.0 Å². The second-order valence-corrected chi connectivity index (χ2v) is 7.28. The van der Waals surface area contributed by atoms with E-state index in [1.807, 2.05) is 24.3 Å². The molecule has 7 heteroatoms. The third-order valence-electron chi connectivity index (χ3n) is 4.96. The number of aromatic nitrogens is 4. The summed E-state index contributed by atoms with van der Waals surface area (Å²) in [6.07, 6.45) is 7.67. The Morgan fingerprint density at radius 1 is 1.21 bits per heavy atom. The van der Waals surface area contributed by atoms with Crippen LogP contribution in [-0.2, 0) is 6.54 Å². The first kappa shape index (κ1) is 18.2. The summed E-state index contributed by atoms with van der Waals surface area (Å²) in [5.74, 6) is 1.63. The van der Waals surface area contributed by atoms with Crippen molar-refractivity contribution in [1.29, 1.82) is 0 Å². The van der Waals surface area contributed by atoms with Crippen LogP contribution in [0.5, 0.6) is 5.75 Å². The van der Waals surface area contributed by atoms with Gasteiger partial charge in [0.25, 0.3) is 0 Å². The van der Waals surface area contributed by atoms with Crippen molar-refractivity contribution in [3.8, 4) is 17.1 Å². The Bertz CT molecular complexity index is 916. The fourth-order valence-electron chi connectivity index (χ4n) is 3.47. The number of hydrogen-bond acceptors (Lipinski definition) is 7. The number of anilines is 2. The Kier molecular flexibility index (Phi) is 5.32. The van der Waals surface area contributed by atoms with Gasteiger partial charge in [0, 0.05) is 38.1 Å². The minimum Gasteiger partial charge on any atom is -0.506 e. The lowest BCUT2D eigenvalue weighted by molar-refractivity contribution is 0.443. The highest BCUT2D eigenvalue weighted by Crippen LogP contribution is 2.29. The monoisotopic (exact) mass is 376 g/mol. The van der Waals surface area contributed by atoms with Crippen molar-refractivity contribution in [3.05, 3.63) is 54.5 Å². The standard InChI is InChI=1S/C21H24N6O/c1-15-4-3-9-27(14-15)20-7-6-18(25-26-20)21-19(28)10-17(13-24-21)23-12-16-5-2-8-22-11-16/h2,5-8,10-11,13,15,23,28H,3-4,9,12,14H2,1H3. The summed E-state index contributed by atoms with van der Waals surface area (Å²) < 4.78 is 0. The van der Waals surface area contributed by atoms with Crippen LogP contribution in [0.3, 0.4) is 0 Å². The van der Waals surface area contributed by atoms with Crippen LogP contribution in [0, 0.1) is 5.92 Å². The summed E-state index contributed by atoms with van der Waals surface area (Å²) in [5.41, 5.74) is 2.78. The quantitative estimate of drug-likeness (QED) is 0.705. The smallest absolute Gasteiger partial charge is 0.151 e. The predicted octanol–water partition coefficient (Wildman–Crippen LogP) is 3.49. The molecule has 0 bridgehead atoms. The van der Waals surface area contributed by atoms with Crippen LogP contribution in [-0.4, -0.2) is 38.4 Å². The molecule has 0 radical (unpaired) electrons. The fourth-order valence-corrected chi connectivity index (χ4v) is 3.47. The maximum Gasteiger partial charge on any atom is 0.151 e. The highest BCUT2D eigenvalue weighted by Gasteiger charge is 2.18. The van der Waals surface area contributed by atoms with Gasteiger partial charge in [-0.25, -0.2) is 4.98 Å². The van der Waals surface area contributed by atoms with Crippen molar-refractivity contribution in [1.82, 2.24) is 20.2 Å². The maximum atomic E-state index is 10.4. The maximum absolute atomic E-state index is 10.4. The molecule has 144 valence electrons. The molecule has 1 saturated heterocycles. The second kappa shape index (κ2) is 8.21. The first-order chi connectivity index (χ1) is 13.7. The lowest BCUT2D eigenvalue weighted by Gasteiger charge is -2.31. The number of piperidine rings is 1. The van der Waals surface area contributed by atoms with Crippen molar-refractivity contribution < 1.29 is 5.11 Å². The zero-order valence-corrected chi connectivity index (χ0v) is 15.9. The van der Waals surface area contributed by atoms with Crippen LogP contribution in [0.25, 0.3) is 11.4 Å². The summed E-state index contributed by atoms with van der Waals surface area (Å²) in [6, 6.07) is 9.35. The Hall–Kier alpha value is -3.22. The molecule has 0 saturated carbocycles. The van der Waals surface area contributed by atoms with Gasteiger partial charge in [0.1, 0.15) is 17.1 Å². The van der Waals surface area contributed by atoms with E-state index in [4.69, 9.17) is 0 Å². The normalized spacial score (nSPS) is 16.8. The van der Waals surface area contributed by atoms with Crippen LogP contribution in [0.4, 0.5) is 11.5 Å². The van der Waals surface area contributed by atoms with Gasteiger partial charge < -0.3 is 15.3 Å². The van der Waals surface area contributed by atoms with Gasteiger partial charge in [-0.15, -0.1) is 10.2 Å². The van der Waals surface area contributed by atoms with Crippen molar-refractivity contribution >= 4 is 11.5 Å². The van der Waals surface area contributed by atoms with E-state index in [1.54, 1.807) is 24.7 Å². The Morgan fingerprint density at radius 2 is 2.14 bits per heavy atom. The van der Waals surface area contributed by atoms with Gasteiger partial charge >= 0.3 is 0 Å². The van der Waals surface area contributed by atoms with E-state index in [1.165, 1.54) is 12.8 Å². The zero-order chi connectivity index (χ0) is 19.3. The Balaban J connectivity index is 1.45. The largest absolute Gasteiger partial charge is 0.506 e. The number of aromatic hydroxyl groups is 1. The molecule has 1 atom stereocenters. The molecule has 7 nitrogen and oxygen atoms in total. The average molecular weight is 376 g/mol. The minimum atomic E-state index is 0.0739. The van der Waals surface area contributed by atoms with Crippen molar-refractivity contribution in [2.75, 3.05) is 23.3 Å². The van der Waals surface area contributed by atoms with E-state index in [-0.39, 0.29) is 5.75 Å². The first-order valence-electron chi connectivity index (χ1n) is 9.60. The topological polar surface area (TPSA) is 87.1 Å². The number of rotatable bonds is 5. The third-order valence-corrected chi connectivity index (χ3v) is 4.96. The Morgan fingerprint density at radius 3 is 2.86 bits per heavy atom. The van der Waals surface area contributed by atoms with Gasteiger partial charge in [-0.05, 0) is 42.5 Å². The fraction of sp³-hybridized carbons (Fsp3) is 0.333. The average Bonchev–Trinajstić information content (AvgIpc) is 2.73.